The number of carbonyl (C=O) groups is 1. The van der Waals surface area contributed by atoms with E-state index in [1.807, 2.05) is 18.2 Å². The Balaban J connectivity index is 1.77. The molecule has 1 aromatic carbocycles. The number of likely N-dealkylation sites (tertiary alicyclic amines) is 1. The van der Waals surface area contributed by atoms with Crippen LogP contribution in [0.2, 0.25) is 0 Å². The van der Waals surface area contributed by atoms with Crippen molar-refractivity contribution < 1.29 is 4.79 Å². The van der Waals surface area contributed by atoms with Crippen molar-refractivity contribution >= 4 is 5.91 Å². The van der Waals surface area contributed by atoms with Crippen molar-refractivity contribution in [3.05, 3.63) is 35.9 Å². The Labute approximate surface area is 108 Å². The maximum absolute atomic E-state index is 12.0. The molecule has 0 bridgehead atoms. The molecule has 2 rings (SSSR count). The molecule has 0 saturated carbocycles. The number of aryl methyl sites for hydroxylation is 1. The molecule has 1 aliphatic heterocycles. The molecular formula is C15H18N2O. The van der Waals surface area contributed by atoms with Gasteiger partial charge in [-0.1, -0.05) is 30.3 Å². The van der Waals surface area contributed by atoms with Gasteiger partial charge in [0, 0.05) is 13.0 Å². The standard InChI is InChI=1S/C15H18N2O/c16-12-14-9-5-11-17(14)15(18)10-4-8-13-6-2-1-3-7-13/h1-3,6-7,14H,4-5,8-11H2. The second-order valence-electron chi connectivity index (χ2n) is 4.71. The molecule has 1 saturated heterocycles. The monoisotopic (exact) mass is 242 g/mol. The summed E-state index contributed by atoms with van der Waals surface area (Å²) in [6, 6.07) is 12.2. The van der Waals surface area contributed by atoms with Crippen LogP contribution in [-0.2, 0) is 11.2 Å². The first kappa shape index (κ1) is 12.6. The van der Waals surface area contributed by atoms with Crippen molar-refractivity contribution in [2.45, 2.75) is 38.1 Å². The number of benzene rings is 1. The lowest BCUT2D eigenvalue weighted by Gasteiger charge is -2.19. The maximum Gasteiger partial charge on any atom is 0.223 e. The number of rotatable bonds is 4. The highest BCUT2D eigenvalue weighted by Crippen LogP contribution is 2.18. The summed E-state index contributed by atoms with van der Waals surface area (Å²) in [5.74, 6) is 0.134. The van der Waals surface area contributed by atoms with E-state index in [2.05, 4.69) is 18.2 Å². The molecule has 94 valence electrons. The third kappa shape index (κ3) is 3.10. The fourth-order valence-corrected chi connectivity index (χ4v) is 2.43. The van der Waals surface area contributed by atoms with Gasteiger partial charge in [-0.2, -0.15) is 5.26 Å². The second-order valence-corrected chi connectivity index (χ2v) is 4.71. The Bertz CT molecular complexity index is 436. The second kappa shape index (κ2) is 6.20. The molecule has 1 aromatic rings. The molecule has 1 amide bonds. The number of nitriles is 1. The maximum atomic E-state index is 12.0. The topological polar surface area (TPSA) is 44.1 Å². The Morgan fingerprint density at radius 3 is 2.89 bits per heavy atom. The van der Waals surface area contributed by atoms with Gasteiger partial charge >= 0.3 is 0 Å². The first-order valence-electron chi connectivity index (χ1n) is 6.54. The molecule has 18 heavy (non-hydrogen) atoms. The molecule has 3 nitrogen and oxygen atoms in total. The predicted octanol–water partition coefficient (Wildman–Crippen LogP) is 2.52. The Morgan fingerprint density at radius 2 is 2.17 bits per heavy atom. The number of carbonyl (C=O) groups excluding carboxylic acids is 1. The van der Waals surface area contributed by atoms with Crippen molar-refractivity contribution in [2.75, 3.05) is 6.54 Å². The van der Waals surface area contributed by atoms with Gasteiger partial charge in [-0.05, 0) is 31.2 Å². The molecule has 1 atom stereocenters. The minimum atomic E-state index is -0.186. The first-order chi connectivity index (χ1) is 8.81. The predicted molar refractivity (Wildman–Crippen MR) is 69.7 cm³/mol. The highest BCUT2D eigenvalue weighted by molar-refractivity contribution is 5.77. The van der Waals surface area contributed by atoms with Crippen LogP contribution in [0.5, 0.6) is 0 Å². The van der Waals surface area contributed by atoms with Crippen LogP contribution in [0.3, 0.4) is 0 Å². The van der Waals surface area contributed by atoms with E-state index < -0.39 is 0 Å². The molecular weight excluding hydrogens is 224 g/mol. The summed E-state index contributed by atoms with van der Waals surface area (Å²) in [6.45, 7) is 0.752. The van der Waals surface area contributed by atoms with Gasteiger partial charge in [0.05, 0.1) is 6.07 Å². The molecule has 0 spiro atoms. The molecule has 0 aliphatic carbocycles. The van der Waals surface area contributed by atoms with E-state index in [9.17, 15) is 4.79 Å². The van der Waals surface area contributed by atoms with Crippen LogP contribution in [0.4, 0.5) is 0 Å². The summed E-state index contributed by atoms with van der Waals surface area (Å²) >= 11 is 0. The minimum absolute atomic E-state index is 0.134. The normalized spacial score (nSPS) is 18.6. The zero-order valence-corrected chi connectivity index (χ0v) is 10.5. The molecule has 3 heteroatoms. The third-order valence-electron chi connectivity index (χ3n) is 3.42. The van der Waals surface area contributed by atoms with Gasteiger partial charge in [0.1, 0.15) is 6.04 Å². The van der Waals surface area contributed by atoms with Crippen LogP contribution in [0.15, 0.2) is 30.3 Å². The molecule has 1 aliphatic rings. The van der Waals surface area contributed by atoms with Crippen LogP contribution >= 0.6 is 0 Å². The van der Waals surface area contributed by atoms with E-state index in [-0.39, 0.29) is 11.9 Å². The molecule has 0 N–H and O–H groups in total. The number of hydrogen-bond acceptors (Lipinski definition) is 2. The summed E-state index contributed by atoms with van der Waals surface area (Å²) in [6.07, 6.45) is 4.13. The smallest absolute Gasteiger partial charge is 0.223 e. The largest absolute Gasteiger partial charge is 0.327 e. The van der Waals surface area contributed by atoms with E-state index in [0.717, 1.165) is 32.2 Å². The highest BCUT2D eigenvalue weighted by Gasteiger charge is 2.27. The fourth-order valence-electron chi connectivity index (χ4n) is 2.43. The van der Waals surface area contributed by atoms with E-state index >= 15 is 0 Å². The minimum Gasteiger partial charge on any atom is -0.327 e. The Hall–Kier alpha value is -1.82. The lowest BCUT2D eigenvalue weighted by Crippen LogP contribution is -2.34. The summed E-state index contributed by atoms with van der Waals surface area (Å²) in [5, 5.41) is 8.94. The van der Waals surface area contributed by atoms with Gasteiger partial charge in [0.2, 0.25) is 5.91 Å². The lowest BCUT2D eigenvalue weighted by atomic mass is 10.1. The van der Waals surface area contributed by atoms with Gasteiger partial charge in [0.15, 0.2) is 0 Å². The van der Waals surface area contributed by atoms with Crippen LogP contribution < -0.4 is 0 Å². The average Bonchev–Trinajstić information content (AvgIpc) is 2.88. The van der Waals surface area contributed by atoms with Crippen LogP contribution in [-0.4, -0.2) is 23.4 Å². The summed E-state index contributed by atoms with van der Waals surface area (Å²) in [5.41, 5.74) is 1.27. The quantitative estimate of drug-likeness (QED) is 0.814. The summed E-state index contributed by atoms with van der Waals surface area (Å²) in [4.78, 5) is 13.7. The molecule has 1 unspecified atom stereocenters. The highest BCUT2D eigenvalue weighted by atomic mass is 16.2. The molecule has 1 fully saturated rings. The van der Waals surface area contributed by atoms with E-state index in [4.69, 9.17) is 5.26 Å². The third-order valence-corrected chi connectivity index (χ3v) is 3.42. The zero-order valence-electron chi connectivity index (χ0n) is 10.5. The van der Waals surface area contributed by atoms with Gasteiger partial charge in [-0.15, -0.1) is 0 Å². The number of nitrogens with zero attached hydrogens (tertiary/aromatic N) is 2. The number of hydrogen-bond donors (Lipinski definition) is 0. The Morgan fingerprint density at radius 1 is 1.39 bits per heavy atom. The SMILES string of the molecule is N#CC1CCCN1C(=O)CCCc1ccccc1. The molecule has 0 radical (unpaired) electrons. The first-order valence-corrected chi connectivity index (χ1v) is 6.54. The van der Waals surface area contributed by atoms with Crippen LogP contribution in [0, 0.1) is 11.3 Å². The van der Waals surface area contributed by atoms with Crippen molar-refractivity contribution in [3.8, 4) is 6.07 Å². The molecule has 0 aromatic heterocycles. The molecule has 1 heterocycles. The summed E-state index contributed by atoms with van der Waals surface area (Å²) < 4.78 is 0. The van der Waals surface area contributed by atoms with Crippen molar-refractivity contribution in [3.63, 3.8) is 0 Å². The van der Waals surface area contributed by atoms with Gasteiger partial charge < -0.3 is 4.90 Å². The fraction of sp³-hybridized carbons (Fsp3) is 0.467. The van der Waals surface area contributed by atoms with E-state index in [0.29, 0.717) is 6.42 Å². The van der Waals surface area contributed by atoms with Gasteiger partial charge in [-0.3, -0.25) is 4.79 Å². The zero-order chi connectivity index (χ0) is 12.8. The van der Waals surface area contributed by atoms with E-state index in [1.165, 1.54) is 5.56 Å². The van der Waals surface area contributed by atoms with Crippen LogP contribution in [0.1, 0.15) is 31.2 Å². The average molecular weight is 242 g/mol. The van der Waals surface area contributed by atoms with Crippen molar-refractivity contribution in [2.24, 2.45) is 0 Å². The Kier molecular flexibility index (Phi) is 4.35. The number of amides is 1. The van der Waals surface area contributed by atoms with Gasteiger partial charge in [0.25, 0.3) is 0 Å². The van der Waals surface area contributed by atoms with Crippen molar-refractivity contribution in [1.82, 2.24) is 4.90 Å². The van der Waals surface area contributed by atoms with Crippen LogP contribution in [0.25, 0.3) is 0 Å². The van der Waals surface area contributed by atoms with E-state index in [1.54, 1.807) is 4.90 Å². The summed E-state index contributed by atoms with van der Waals surface area (Å²) in [7, 11) is 0. The van der Waals surface area contributed by atoms with Gasteiger partial charge in [-0.25, -0.2) is 0 Å². The lowest BCUT2D eigenvalue weighted by molar-refractivity contribution is -0.131. The van der Waals surface area contributed by atoms with Crippen molar-refractivity contribution in [1.29, 1.82) is 5.26 Å².